The van der Waals surface area contributed by atoms with E-state index in [-0.39, 0.29) is 17.7 Å². The first-order valence-electron chi connectivity index (χ1n) is 8.21. The molecule has 0 amide bonds. The smallest absolute Gasteiger partial charge is 0.295 e. The second-order valence-electron chi connectivity index (χ2n) is 7.18. The summed E-state index contributed by atoms with van der Waals surface area (Å²) in [4.78, 5) is 12.5. The van der Waals surface area contributed by atoms with E-state index in [2.05, 4.69) is 16.7 Å². The van der Waals surface area contributed by atoms with Crippen molar-refractivity contribution in [1.82, 2.24) is 4.57 Å². The summed E-state index contributed by atoms with van der Waals surface area (Å²) in [5.41, 5.74) is 9.25. The van der Waals surface area contributed by atoms with Gasteiger partial charge in [0.2, 0.25) is 0 Å². The van der Waals surface area contributed by atoms with Crippen LogP contribution in [-0.4, -0.2) is 10.4 Å². The first-order valence-corrected chi connectivity index (χ1v) is 8.21. The highest BCUT2D eigenvalue weighted by molar-refractivity contribution is 5.85. The van der Waals surface area contributed by atoms with E-state index in [4.69, 9.17) is 5.73 Å². The van der Waals surface area contributed by atoms with Crippen LogP contribution >= 0.6 is 0 Å². The Labute approximate surface area is 142 Å². The highest BCUT2D eigenvalue weighted by Gasteiger charge is 2.27. The molecule has 0 radical (unpaired) electrons. The molecular weight excluding hydrogens is 298 g/mol. The SMILES string of the molecule is CC(C)(C)C(=O)Cn1c(N)[n+](Cc2ccccc2)c2ccccc21. The summed E-state index contributed by atoms with van der Waals surface area (Å²) >= 11 is 0. The highest BCUT2D eigenvalue weighted by Crippen LogP contribution is 2.21. The van der Waals surface area contributed by atoms with E-state index < -0.39 is 0 Å². The fourth-order valence-corrected chi connectivity index (χ4v) is 2.79. The number of nitrogen functional groups attached to an aromatic ring is 1. The van der Waals surface area contributed by atoms with Crippen LogP contribution in [0.2, 0.25) is 0 Å². The van der Waals surface area contributed by atoms with Crippen molar-refractivity contribution in [2.24, 2.45) is 5.41 Å². The third kappa shape index (κ3) is 3.04. The molecule has 3 aromatic rings. The number of Topliss-reactive ketones (excluding diaryl/α,β-unsaturated/α-hetero) is 1. The summed E-state index contributed by atoms with van der Waals surface area (Å²) in [5.74, 6) is 0.777. The van der Waals surface area contributed by atoms with Gasteiger partial charge in [0.25, 0.3) is 0 Å². The number of hydrogen-bond acceptors (Lipinski definition) is 2. The molecule has 2 aromatic carbocycles. The summed E-state index contributed by atoms with van der Waals surface area (Å²) in [7, 11) is 0. The van der Waals surface area contributed by atoms with Crippen LogP contribution in [0.4, 0.5) is 5.95 Å². The molecule has 1 heterocycles. The number of nitrogens with two attached hydrogens (primary N) is 1. The lowest BCUT2D eigenvalue weighted by Gasteiger charge is -2.15. The number of anilines is 1. The monoisotopic (exact) mass is 322 g/mol. The van der Waals surface area contributed by atoms with Crippen molar-refractivity contribution in [3.05, 3.63) is 60.2 Å². The number of ketones is 1. The number of nitrogens with zero attached hydrogens (tertiary/aromatic N) is 2. The molecule has 0 spiro atoms. The molecule has 0 fully saturated rings. The average molecular weight is 322 g/mol. The van der Waals surface area contributed by atoms with Crippen LogP contribution in [0.1, 0.15) is 26.3 Å². The first-order chi connectivity index (χ1) is 11.4. The molecular formula is C20H24N3O+. The molecule has 4 nitrogen and oxygen atoms in total. The van der Waals surface area contributed by atoms with E-state index in [9.17, 15) is 4.79 Å². The van der Waals surface area contributed by atoms with Crippen LogP contribution < -0.4 is 10.3 Å². The summed E-state index contributed by atoms with van der Waals surface area (Å²) in [6.07, 6.45) is 0. The maximum absolute atomic E-state index is 12.5. The maximum atomic E-state index is 12.5. The quantitative estimate of drug-likeness (QED) is 0.750. The minimum Gasteiger partial charge on any atom is -0.295 e. The highest BCUT2D eigenvalue weighted by atomic mass is 16.1. The van der Waals surface area contributed by atoms with Crippen LogP contribution in [-0.2, 0) is 17.9 Å². The van der Waals surface area contributed by atoms with Gasteiger partial charge in [-0.25, -0.2) is 9.13 Å². The average Bonchev–Trinajstić information content (AvgIpc) is 2.81. The molecule has 0 atom stereocenters. The Kier molecular flexibility index (Phi) is 4.14. The Morgan fingerprint density at radius 1 is 1.04 bits per heavy atom. The molecule has 1 aromatic heterocycles. The van der Waals surface area contributed by atoms with Crippen LogP contribution in [0.15, 0.2) is 54.6 Å². The fraction of sp³-hybridized carbons (Fsp3) is 0.300. The minimum atomic E-state index is -0.387. The van der Waals surface area contributed by atoms with E-state index >= 15 is 0 Å². The zero-order valence-electron chi connectivity index (χ0n) is 14.5. The Morgan fingerprint density at radius 2 is 1.67 bits per heavy atom. The molecule has 0 aliphatic rings. The van der Waals surface area contributed by atoms with Gasteiger partial charge in [0, 0.05) is 5.41 Å². The van der Waals surface area contributed by atoms with Crippen molar-refractivity contribution in [3.8, 4) is 0 Å². The number of rotatable bonds is 4. The van der Waals surface area contributed by atoms with E-state index in [0.29, 0.717) is 12.5 Å². The number of carbonyl (C=O) groups is 1. The second-order valence-corrected chi connectivity index (χ2v) is 7.18. The minimum absolute atomic E-state index is 0.168. The Balaban J connectivity index is 2.07. The van der Waals surface area contributed by atoms with Gasteiger partial charge in [-0.1, -0.05) is 63.2 Å². The molecule has 124 valence electrons. The molecule has 24 heavy (non-hydrogen) atoms. The fourth-order valence-electron chi connectivity index (χ4n) is 2.79. The summed E-state index contributed by atoms with van der Waals surface area (Å²) < 4.78 is 3.99. The Bertz CT molecular complexity index is 873. The second kappa shape index (κ2) is 6.11. The lowest BCUT2D eigenvalue weighted by atomic mass is 9.91. The maximum Gasteiger partial charge on any atom is 0.356 e. The number of imidazole rings is 1. The molecule has 2 N–H and O–H groups in total. The molecule has 0 unspecified atom stereocenters. The largest absolute Gasteiger partial charge is 0.356 e. The predicted octanol–water partition coefficient (Wildman–Crippen LogP) is 3.17. The third-order valence-corrected chi connectivity index (χ3v) is 4.34. The van der Waals surface area contributed by atoms with Crippen molar-refractivity contribution in [2.45, 2.75) is 33.9 Å². The van der Waals surface area contributed by atoms with Crippen LogP contribution in [0.5, 0.6) is 0 Å². The first kappa shape index (κ1) is 16.2. The number of carbonyl (C=O) groups excluding carboxylic acids is 1. The van der Waals surface area contributed by atoms with Crippen LogP contribution in [0.25, 0.3) is 11.0 Å². The third-order valence-electron chi connectivity index (χ3n) is 4.34. The van der Waals surface area contributed by atoms with E-state index in [1.165, 1.54) is 5.56 Å². The van der Waals surface area contributed by atoms with Crippen molar-refractivity contribution in [3.63, 3.8) is 0 Å². The number of hydrogen-bond donors (Lipinski definition) is 1. The lowest BCUT2D eigenvalue weighted by molar-refractivity contribution is -0.648. The van der Waals surface area contributed by atoms with Gasteiger partial charge in [0.05, 0.1) is 6.54 Å². The van der Waals surface area contributed by atoms with Gasteiger partial charge in [-0.3, -0.25) is 10.5 Å². The van der Waals surface area contributed by atoms with Crippen molar-refractivity contribution < 1.29 is 9.36 Å². The molecule has 0 aliphatic heterocycles. The van der Waals surface area contributed by atoms with Crippen molar-refractivity contribution in [1.29, 1.82) is 0 Å². The molecule has 0 bridgehead atoms. The summed E-state index contributed by atoms with van der Waals surface area (Å²) in [5, 5.41) is 0. The predicted molar refractivity (Wildman–Crippen MR) is 96.6 cm³/mol. The van der Waals surface area contributed by atoms with Gasteiger partial charge in [0.15, 0.2) is 5.78 Å². The Hall–Kier alpha value is -2.62. The normalized spacial score (nSPS) is 11.8. The van der Waals surface area contributed by atoms with Gasteiger partial charge >= 0.3 is 5.95 Å². The zero-order valence-corrected chi connectivity index (χ0v) is 14.5. The van der Waals surface area contributed by atoms with E-state index in [1.54, 1.807) is 0 Å². The number of benzene rings is 2. The molecule has 4 heteroatoms. The Morgan fingerprint density at radius 3 is 2.33 bits per heavy atom. The molecule has 0 saturated carbocycles. The van der Waals surface area contributed by atoms with Gasteiger partial charge in [-0.05, 0) is 17.7 Å². The van der Waals surface area contributed by atoms with Gasteiger partial charge in [0.1, 0.15) is 17.6 Å². The van der Waals surface area contributed by atoms with Gasteiger partial charge in [-0.15, -0.1) is 0 Å². The van der Waals surface area contributed by atoms with Crippen LogP contribution in [0, 0.1) is 5.41 Å². The molecule has 0 aliphatic carbocycles. The van der Waals surface area contributed by atoms with Crippen LogP contribution in [0.3, 0.4) is 0 Å². The topological polar surface area (TPSA) is 51.9 Å². The number of fused-ring (bicyclic) bond motifs is 1. The lowest BCUT2D eigenvalue weighted by Crippen LogP contribution is -2.37. The number of para-hydroxylation sites is 2. The molecule has 0 saturated heterocycles. The standard InChI is InChI=1S/C20H23N3O/c1-20(2,3)18(24)14-23-17-12-8-7-11-16(17)22(19(23)21)13-15-9-5-4-6-10-15/h4-12,21H,13-14H2,1-3H3/p+1. The summed E-state index contributed by atoms with van der Waals surface area (Å²) in [6, 6.07) is 18.3. The van der Waals surface area contributed by atoms with Crippen molar-refractivity contribution in [2.75, 3.05) is 5.73 Å². The zero-order chi connectivity index (χ0) is 17.3. The van der Waals surface area contributed by atoms with Gasteiger partial charge < -0.3 is 0 Å². The van der Waals surface area contributed by atoms with E-state index in [1.807, 2.05) is 67.8 Å². The summed E-state index contributed by atoms with van der Waals surface area (Å²) in [6.45, 7) is 6.79. The molecule has 3 rings (SSSR count). The van der Waals surface area contributed by atoms with Crippen molar-refractivity contribution >= 4 is 22.8 Å². The number of aromatic nitrogens is 2. The van der Waals surface area contributed by atoms with E-state index in [0.717, 1.165) is 11.0 Å². The van der Waals surface area contributed by atoms with Gasteiger partial charge in [-0.2, -0.15) is 0 Å².